The van der Waals surface area contributed by atoms with Crippen molar-refractivity contribution >= 4 is 17.5 Å². The van der Waals surface area contributed by atoms with Crippen molar-refractivity contribution in [3.05, 3.63) is 59.2 Å². The van der Waals surface area contributed by atoms with Gasteiger partial charge < -0.3 is 4.74 Å². The van der Waals surface area contributed by atoms with Crippen molar-refractivity contribution in [2.24, 2.45) is 5.41 Å². The zero-order valence-electron chi connectivity index (χ0n) is 16.1. The first-order valence-electron chi connectivity index (χ1n) is 8.95. The van der Waals surface area contributed by atoms with Gasteiger partial charge in [-0.1, -0.05) is 37.6 Å². The topological polar surface area (TPSA) is 60.4 Å². The maximum Gasteiger partial charge on any atom is 0.309 e. The molecular weight excluding hydrogens is 340 g/mol. The summed E-state index contributed by atoms with van der Waals surface area (Å²) in [5.74, 6) is 4.62. The highest BCUT2D eigenvalue weighted by Crippen LogP contribution is 2.44. The lowest BCUT2D eigenvalue weighted by atomic mass is 9.79. The van der Waals surface area contributed by atoms with E-state index in [-0.39, 0.29) is 37.0 Å². The first-order chi connectivity index (χ1) is 12.8. The molecule has 1 aromatic carbocycles. The van der Waals surface area contributed by atoms with E-state index < -0.39 is 5.41 Å². The van der Waals surface area contributed by atoms with Gasteiger partial charge in [0.1, 0.15) is 0 Å². The highest BCUT2D eigenvalue weighted by molar-refractivity contribution is 6.10. The highest BCUT2D eigenvalue weighted by atomic mass is 16.5. The van der Waals surface area contributed by atoms with Gasteiger partial charge in [0.05, 0.1) is 13.0 Å². The van der Waals surface area contributed by atoms with Crippen LogP contribution in [0.1, 0.15) is 45.6 Å². The summed E-state index contributed by atoms with van der Waals surface area (Å²) in [5.41, 5.74) is 1.61. The second kappa shape index (κ2) is 8.64. The first kappa shape index (κ1) is 20.4. The van der Waals surface area contributed by atoms with E-state index in [9.17, 15) is 14.4 Å². The van der Waals surface area contributed by atoms with E-state index in [1.807, 2.05) is 30.3 Å². The summed E-state index contributed by atoms with van der Waals surface area (Å²) in [5, 5.41) is 0. The van der Waals surface area contributed by atoms with Crippen LogP contribution >= 0.6 is 0 Å². The van der Waals surface area contributed by atoms with Crippen LogP contribution in [-0.2, 0) is 19.1 Å². The van der Waals surface area contributed by atoms with Crippen LogP contribution in [0.4, 0.5) is 0 Å². The second-order valence-electron chi connectivity index (χ2n) is 7.02. The van der Waals surface area contributed by atoms with E-state index in [0.717, 1.165) is 5.56 Å². The fourth-order valence-corrected chi connectivity index (χ4v) is 3.34. The Hall–Kier alpha value is -2.93. The zero-order chi connectivity index (χ0) is 20.0. The van der Waals surface area contributed by atoms with Gasteiger partial charge in [0.15, 0.2) is 5.78 Å². The number of rotatable bonds is 6. The summed E-state index contributed by atoms with van der Waals surface area (Å²) in [6.45, 7) is 9.37. The first-order valence-corrected chi connectivity index (χ1v) is 8.95. The van der Waals surface area contributed by atoms with Crippen molar-refractivity contribution in [1.29, 1.82) is 0 Å². The maximum atomic E-state index is 13.0. The minimum Gasteiger partial charge on any atom is -0.466 e. The second-order valence-corrected chi connectivity index (χ2v) is 7.02. The lowest BCUT2D eigenvalue weighted by molar-refractivity contribution is -0.142. The summed E-state index contributed by atoms with van der Waals surface area (Å²) < 4.78 is 5.00. The van der Waals surface area contributed by atoms with Gasteiger partial charge in [0.25, 0.3) is 0 Å². The number of ether oxygens (including phenoxy) is 1. The number of allylic oxidation sites excluding steroid dienone is 2. The molecule has 0 bridgehead atoms. The third-order valence-corrected chi connectivity index (χ3v) is 4.49. The zero-order valence-corrected chi connectivity index (χ0v) is 16.1. The minimum absolute atomic E-state index is 0.00870. The molecule has 1 aliphatic carbocycles. The molecule has 0 fully saturated rings. The molecule has 0 saturated carbocycles. The molecule has 0 saturated heterocycles. The molecule has 0 aliphatic heterocycles. The molecule has 1 aliphatic rings. The number of ketones is 2. The summed E-state index contributed by atoms with van der Waals surface area (Å²) in [4.78, 5) is 37.2. The Bertz CT molecular complexity index is 865. The quantitative estimate of drug-likeness (QED) is 0.569. The van der Waals surface area contributed by atoms with E-state index >= 15 is 0 Å². The summed E-state index contributed by atoms with van der Waals surface area (Å²) in [6.07, 6.45) is 0.390. The van der Waals surface area contributed by atoms with Gasteiger partial charge in [-0.2, -0.15) is 0 Å². The smallest absolute Gasteiger partial charge is 0.309 e. The molecule has 0 radical (unpaired) electrons. The standard InChI is InChI=1S/C23H24O4/c1-5-27-20(25)13-18-14-23(4,22(26)21(18)16(2)3)15-19(24)12-11-17-9-7-6-8-10-17/h6-10H,2,5,13-15H2,1,3-4H3. The fraction of sp³-hybridized carbons (Fsp3) is 0.348. The fourth-order valence-electron chi connectivity index (χ4n) is 3.34. The van der Waals surface area contributed by atoms with Gasteiger partial charge in [0, 0.05) is 23.0 Å². The van der Waals surface area contributed by atoms with Crippen molar-refractivity contribution < 1.29 is 19.1 Å². The van der Waals surface area contributed by atoms with E-state index in [1.54, 1.807) is 20.8 Å². The minimum atomic E-state index is -0.904. The van der Waals surface area contributed by atoms with E-state index in [0.29, 0.717) is 23.1 Å². The number of hydrogen-bond acceptors (Lipinski definition) is 4. The maximum absolute atomic E-state index is 13.0. The molecule has 1 atom stereocenters. The summed E-state index contributed by atoms with van der Waals surface area (Å²) in [6, 6.07) is 9.21. The van der Waals surface area contributed by atoms with Crippen LogP contribution in [0.15, 0.2) is 53.6 Å². The van der Waals surface area contributed by atoms with Crippen molar-refractivity contribution in [3.8, 4) is 11.8 Å². The molecule has 0 aromatic heterocycles. The van der Waals surface area contributed by atoms with Gasteiger partial charge in [-0.15, -0.1) is 0 Å². The molecule has 140 valence electrons. The molecule has 0 N–H and O–H groups in total. The molecule has 2 rings (SSSR count). The Labute approximate surface area is 160 Å². The van der Waals surface area contributed by atoms with Crippen LogP contribution in [-0.4, -0.2) is 24.1 Å². The van der Waals surface area contributed by atoms with Crippen LogP contribution in [0.5, 0.6) is 0 Å². The Morgan fingerprint density at radius 1 is 1.26 bits per heavy atom. The molecular formula is C23H24O4. The number of carbonyl (C=O) groups excluding carboxylic acids is 3. The Morgan fingerprint density at radius 3 is 2.52 bits per heavy atom. The van der Waals surface area contributed by atoms with Crippen LogP contribution in [0, 0.1) is 17.3 Å². The highest BCUT2D eigenvalue weighted by Gasteiger charge is 2.44. The van der Waals surface area contributed by atoms with Crippen LogP contribution in [0.3, 0.4) is 0 Å². The number of benzene rings is 1. The van der Waals surface area contributed by atoms with E-state index in [2.05, 4.69) is 18.4 Å². The number of hydrogen-bond donors (Lipinski definition) is 0. The van der Waals surface area contributed by atoms with Crippen LogP contribution < -0.4 is 0 Å². The van der Waals surface area contributed by atoms with E-state index in [1.165, 1.54) is 0 Å². The van der Waals surface area contributed by atoms with Crippen molar-refractivity contribution in [3.63, 3.8) is 0 Å². The number of carbonyl (C=O) groups is 3. The number of esters is 1. The van der Waals surface area contributed by atoms with Crippen molar-refractivity contribution in [2.75, 3.05) is 6.61 Å². The van der Waals surface area contributed by atoms with Gasteiger partial charge in [0.2, 0.25) is 5.78 Å². The summed E-state index contributed by atoms with van der Waals surface area (Å²) in [7, 11) is 0. The van der Waals surface area contributed by atoms with Crippen LogP contribution in [0.25, 0.3) is 0 Å². The molecule has 0 amide bonds. The third kappa shape index (κ3) is 5.04. The average molecular weight is 364 g/mol. The molecule has 4 nitrogen and oxygen atoms in total. The molecule has 27 heavy (non-hydrogen) atoms. The van der Waals surface area contributed by atoms with Crippen molar-refractivity contribution in [2.45, 2.75) is 40.0 Å². The van der Waals surface area contributed by atoms with Gasteiger partial charge >= 0.3 is 5.97 Å². The molecule has 4 heteroatoms. The predicted octanol–water partition coefficient (Wildman–Crippen LogP) is 3.80. The lowest BCUT2D eigenvalue weighted by Gasteiger charge is -2.21. The van der Waals surface area contributed by atoms with Gasteiger partial charge in [-0.05, 0) is 49.5 Å². The monoisotopic (exact) mass is 364 g/mol. The van der Waals surface area contributed by atoms with Gasteiger partial charge in [-0.3, -0.25) is 14.4 Å². The Balaban J connectivity index is 2.17. The Kier molecular flexibility index (Phi) is 6.52. The van der Waals surface area contributed by atoms with Gasteiger partial charge in [-0.25, -0.2) is 0 Å². The largest absolute Gasteiger partial charge is 0.466 e. The normalized spacial score (nSPS) is 18.7. The SMILES string of the molecule is C=C(C)C1=C(CC(=O)OCC)CC(C)(CC(=O)C#Cc2ccccc2)C1=O. The summed E-state index contributed by atoms with van der Waals surface area (Å²) >= 11 is 0. The molecule has 0 heterocycles. The third-order valence-electron chi connectivity index (χ3n) is 4.49. The Morgan fingerprint density at radius 2 is 1.93 bits per heavy atom. The average Bonchev–Trinajstić information content (AvgIpc) is 2.84. The predicted molar refractivity (Wildman–Crippen MR) is 104 cm³/mol. The molecule has 1 aromatic rings. The van der Waals surface area contributed by atoms with Crippen LogP contribution in [0.2, 0.25) is 0 Å². The van der Waals surface area contributed by atoms with E-state index in [4.69, 9.17) is 4.74 Å². The van der Waals surface area contributed by atoms with Crippen molar-refractivity contribution in [1.82, 2.24) is 0 Å². The molecule has 1 unspecified atom stereocenters. The number of Topliss-reactive ketones (excluding diaryl/α,β-unsaturated/α-hetero) is 2. The molecule has 0 spiro atoms. The lowest BCUT2D eigenvalue weighted by Crippen LogP contribution is -2.27.